The molecular weight excluding hydrogens is 289 g/mol. The first kappa shape index (κ1) is 17.0. The van der Waals surface area contributed by atoms with E-state index >= 15 is 0 Å². The van der Waals surface area contributed by atoms with Gasteiger partial charge in [0.1, 0.15) is 11.5 Å². The Labute approximate surface area is 119 Å². The number of hydrogen-bond acceptors (Lipinski definition) is 3. The molecule has 1 unspecified atom stereocenters. The Bertz CT molecular complexity index is 514. The van der Waals surface area contributed by atoms with E-state index in [1.54, 1.807) is 12.2 Å². The summed E-state index contributed by atoms with van der Waals surface area (Å²) in [7, 11) is 0. The van der Waals surface area contributed by atoms with Gasteiger partial charge in [0.15, 0.2) is 11.6 Å². The van der Waals surface area contributed by atoms with Crippen molar-refractivity contribution in [3.63, 3.8) is 0 Å². The number of aliphatic hydroxyl groups excluding tert-OH is 1. The average molecular weight is 304 g/mol. The fourth-order valence-electron chi connectivity index (χ4n) is 1.62. The summed E-state index contributed by atoms with van der Waals surface area (Å²) >= 11 is 0. The van der Waals surface area contributed by atoms with Crippen molar-refractivity contribution in [1.29, 1.82) is 0 Å². The summed E-state index contributed by atoms with van der Waals surface area (Å²) in [6.45, 7) is 1.56. The largest absolute Gasteiger partial charge is 0.396 e. The van der Waals surface area contributed by atoms with E-state index in [0.29, 0.717) is 18.6 Å². The van der Waals surface area contributed by atoms with E-state index in [0.717, 1.165) is 0 Å². The molecule has 0 radical (unpaired) electrons. The molecule has 0 aliphatic heterocycles. The standard InChI is InChI=1S/C13H15F3N2O3/c1-2-8(3-4-19)17-12(20)13(21)18-11-9(15)5-7(14)6-10(11)16/h5-6,8,19H,2-4H2,1H3,(H,17,20)(H,18,21). The van der Waals surface area contributed by atoms with Gasteiger partial charge in [-0.1, -0.05) is 6.92 Å². The Kier molecular flexibility index (Phi) is 6.16. The fourth-order valence-corrected chi connectivity index (χ4v) is 1.62. The number of carbonyl (C=O) groups excluding carboxylic acids is 2. The van der Waals surface area contributed by atoms with Crippen LogP contribution in [0.3, 0.4) is 0 Å². The van der Waals surface area contributed by atoms with E-state index in [-0.39, 0.29) is 13.0 Å². The molecular formula is C13H15F3N2O3. The molecule has 0 heterocycles. The van der Waals surface area contributed by atoms with Gasteiger partial charge < -0.3 is 15.7 Å². The van der Waals surface area contributed by atoms with Crippen molar-refractivity contribution < 1.29 is 27.9 Å². The minimum Gasteiger partial charge on any atom is -0.396 e. The molecule has 1 rings (SSSR count). The number of halogens is 3. The van der Waals surface area contributed by atoms with Gasteiger partial charge in [0.05, 0.1) is 0 Å². The predicted octanol–water partition coefficient (Wildman–Crippen LogP) is 1.32. The van der Waals surface area contributed by atoms with Gasteiger partial charge >= 0.3 is 11.8 Å². The monoisotopic (exact) mass is 304 g/mol. The molecule has 21 heavy (non-hydrogen) atoms. The van der Waals surface area contributed by atoms with Gasteiger partial charge in [-0.3, -0.25) is 9.59 Å². The van der Waals surface area contributed by atoms with Crippen molar-refractivity contribution in [2.24, 2.45) is 0 Å². The summed E-state index contributed by atoms with van der Waals surface area (Å²) in [6.07, 6.45) is 0.716. The van der Waals surface area contributed by atoms with E-state index in [1.807, 2.05) is 0 Å². The third-order valence-electron chi connectivity index (χ3n) is 2.76. The van der Waals surface area contributed by atoms with Crippen molar-refractivity contribution in [2.75, 3.05) is 11.9 Å². The molecule has 116 valence electrons. The molecule has 1 aromatic carbocycles. The number of benzene rings is 1. The zero-order chi connectivity index (χ0) is 16.0. The normalized spacial score (nSPS) is 11.9. The topological polar surface area (TPSA) is 78.4 Å². The lowest BCUT2D eigenvalue weighted by Gasteiger charge is -2.15. The Hall–Kier alpha value is -2.09. The van der Waals surface area contributed by atoms with Crippen molar-refractivity contribution in [2.45, 2.75) is 25.8 Å². The molecule has 0 saturated carbocycles. The smallest absolute Gasteiger partial charge is 0.313 e. The van der Waals surface area contributed by atoms with Crippen LogP contribution in [-0.4, -0.2) is 29.6 Å². The Morgan fingerprint density at radius 2 is 1.76 bits per heavy atom. The van der Waals surface area contributed by atoms with Gasteiger partial charge in [0.2, 0.25) is 0 Å². The summed E-state index contributed by atoms with van der Waals surface area (Å²) in [4.78, 5) is 23.1. The van der Waals surface area contributed by atoms with Crippen LogP contribution < -0.4 is 10.6 Å². The van der Waals surface area contributed by atoms with Crippen LogP contribution in [0, 0.1) is 17.5 Å². The lowest BCUT2D eigenvalue weighted by molar-refractivity contribution is -0.136. The fraction of sp³-hybridized carbons (Fsp3) is 0.385. The molecule has 2 amide bonds. The Morgan fingerprint density at radius 3 is 2.24 bits per heavy atom. The minimum atomic E-state index is -1.32. The highest BCUT2D eigenvalue weighted by Gasteiger charge is 2.21. The van der Waals surface area contributed by atoms with Crippen molar-refractivity contribution in [1.82, 2.24) is 5.32 Å². The van der Waals surface area contributed by atoms with Crippen LogP contribution in [0.5, 0.6) is 0 Å². The first-order valence-corrected chi connectivity index (χ1v) is 6.26. The molecule has 0 spiro atoms. The summed E-state index contributed by atoms with van der Waals surface area (Å²) in [5, 5.41) is 12.8. The van der Waals surface area contributed by atoms with Crippen LogP contribution in [0.25, 0.3) is 0 Å². The molecule has 1 atom stereocenters. The highest BCUT2D eigenvalue weighted by molar-refractivity contribution is 6.39. The van der Waals surface area contributed by atoms with Crippen LogP contribution >= 0.6 is 0 Å². The van der Waals surface area contributed by atoms with Gasteiger partial charge in [0, 0.05) is 24.8 Å². The Morgan fingerprint density at radius 1 is 1.19 bits per heavy atom. The van der Waals surface area contributed by atoms with E-state index < -0.39 is 41.0 Å². The van der Waals surface area contributed by atoms with E-state index in [4.69, 9.17) is 5.11 Å². The minimum absolute atomic E-state index is 0.179. The number of aliphatic hydroxyl groups is 1. The molecule has 5 nitrogen and oxygen atoms in total. The lowest BCUT2D eigenvalue weighted by atomic mass is 10.1. The maximum Gasteiger partial charge on any atom is 0.313 e. The van der Waals surface area contributed by atoms with Crippen LogP contribution in [0.1, 0.15) is 19.8 Å². The van der Waals surface area contributed by atoms with E-state index in [9.17, 15) is 22.8 Å². The summed E-state index contributed by atoms with van der Waals surface area (Å²) in [5.41, 5.74) is -0.897. The number of hydrogen-bond donors (Lipinski definition) is 3. The maximum absolute atomic E-state index is 13.3. The first-order valence-electron chi connectivity index (χ1n) is 6.26. The zero-order valence-electron chi connectivity index (χ0n) is 11.3. The van der Waals surface area contributed by atoms with Crippen LogP contribution in [0.2, 0.25) is 0 Å². The third-order valence-corrected chi connectivity index (χ3v) is 2.76. The molecule has 3 N–H and O–H groups in total. The molecule has 0 bridgehead atoms. The highest BCUT2D eigenvalue weighted by Crippen LogP contribution is 2.19. The van der Waals surface area contributed by atoms with Crippen LogP contribution in [-0.2, 0) is 9.59 Å². The van der Waals surface area contributed by atoms with Crippen molar-refractivity contribution >= 4 is 17.5 Å². The third kappa shape index (κ3) is 4.75. The second kappa shape index (κ2) is 7.63. The van der Waals surface area contributed by atoms with Crippen LogP contribution in [0.15, 0.2) is 12.1 Å². The number of carbonyl (C=O) groups is 2. The summed E-state index contributed by atoms with van der Waals surface area (Å²) < 4.78 is 39.4. The summed E-state index contributed by atoms with van der Waals surface area (Å²) in [6, 6.07) is 0.338. The van der Waals surface area contributed by atoms with Gasteiger partial charge in [-0.15, -0.1) is 0 Å². The van der Waals surface area contributed by atoms with Crippen LogP contribution in [0.4, 0.5) is 18.9 Å². The zero-order valence-corrected chi connectivity index (χ0v) is 11.3. The maximum atomic E-state index is 13.3. The Balaban J connectivity index is 2.75. The molecule has 0 aliphatic rings. The highest BCUT2D eigenvalue weighted by atomic mass is 19.1. The number of rotatable bonds is 5. The molecule has 8 heteroatoms. The molecule has 0 saturated heterocycles. The van der Waals surface area contributed by atoms with Gasteiger partial charge in [-0.25, -0.2) is 13.2 Å². The quantitative estimate of drug-likeness (QED) is 0.718. The number of anilines is 1. The SMILES string of the molecule is CCC(CCO)NC(=O)C(=O)Nc1c(F)cc(F)cc1F. The lowest BCUT2D eigenvalue weighted by Crippen LogP contribution is -2.42. The molecule has 1 aromatic rings. The molecule has 0 aromatic heterocycles. The van der Waals surface area contributed by atoms with Gasteiger partial charge in [-0.05, 0) is 12.8 Å². The molecule has 0 aliphatic carbocycles. The number of nitrogens with one attached hydrogen (secondary N) is 2. The predicted molar refractivity (Wildman–Crippen MR) is 68.9 cm³/mol. The first-order chi connectivity index (χ1) is 9.88. The second-order valence-corrected chi connectivity index (χ2v) is 4.29. The summed E-state index contributed by atoms with van der Waals surface area (Å²) in [5.74, 6) is -6.16. The van der Waals surface area contributed by atoms with Crippen molar-refractivity contribution in [3.8, 4) is 0 Å². The average Bonchev–Trinajstić information content (AvgIpc) is 2.41. The van der Waals surface area contributed by atoms with E-state index in [1.165, 1.54) is 0 Å². The van der Waals surface area contributed by atoms with Gasteiger partial charge in [0.25, 0.3) is 0 Å². The number of amides is 2. The second-order valence-electron chi connectivity index (χ2n) is 4.29. The van der Waals surface area contributed by atoms with E-state index in [2.05, 4.69) is 5.32 Å². The molecule has 0 fully saturated rings. The van der Waals surface area contributed by atoms with Crippen molar-refractivity contribution in [3.05, 3.63) is 29.6 Å². The van der Waals surface area contributed by atoms with Gasteiger partial charge in [-0.2, -0.15) is 0 Å².